The van der Waals surface area contributed by atoms with Crippen molar-refractivity contribution in [3.8, 4) is 0 Å². The maximum atomic E-state index is 12.2. The third kappa shape index (κ3) is 4.44. The first kappa shape index (κ1) is 17.7. The van der Waals surface area contributed by atoms with Crippen LogP contribution in [-0.4, -0.2) is 34.3 Å². The Morgan fingerprint density at radius 3 is 2.46 bits per heavy atom. The minimum atomic E-state index is -0.674. The summed E-state index contributed by atoms with van der Waals surface area (Å²) in [5.41, 5.74) is 3.63. The van der Waals surface area contributed by atoms with Gasteiger partial charge in [0.1, 0.15) is 6.04 Å². The maximum absolute atomic E-state index is 12.2. The number of aryl methyl sites for hydroxylation is 2. The highest BCUT2D eigenvalue weighted by molar-refractivity contribution is 5.96. The SMILES string of the molecule is CCOC(=O)[C@H](C)NC(=O)c1ccc(Cn2nc(C)cc2C)cc1. The largest absolute Gasteiger partial charge is 0.464 e. The molecule has 2 rings (SSSR count). The van der Waals surface area contributed by atoms with Crippen LogP contribution >= 0.6 is 0 Å². The third-order valence-electron chi connectivity index (χ3n) is 3.64. The lowest BCUT2D eigenvalue weighted by atomic mass is 10.1. The number of aromatic nitrogens is 2. The molecular weight excluding hydrogens is 306 g/mol. The predicted octanol–water partition coefficient (Wildman–Crippen LogP) is 2.23. The Kier molecular flexibility index (Phi) is 5.73. The van der Waals surface area contributed by atoms with Crippen molar-refractivity contribution in [1.82, 2.24) is 15.1 Å². The lowest BCUT2D eigenvalue weighted by Crippen LogP contribution is -2.39. The third-order valence-corrected chi connectivity index (χ3v) is 3.64. The van der Waals surface area contributed by atoms with E-state index in [1.807, 2.05) is 36.7 Å². The summed E-state index contributed by atoms with van der Waals surface area (Å²) in [6.45, 7) is 8.25. The Balaban J connectivity index is 1.99. The average Bonchev–Trinajstić information content (AvgIpc) is 2.85. The Morgan fingerprint density at radius 1 is 1.25 bits per heavy atom. The molecule has 1 heterocycles. The highest BCUT2D eigenvalue weighted by atomic mass is 16.5. The number of esters is 1. The van der Waals surface area contributed by atoms with Crippen molar-refractivity contribution < 1.29 is 14.3 Å². The van der Waals surface area contributed by atoms with Crippen molar-refractivity contribution in [2.75, 3.05) is 6.61 Å². The first-order valence-electron chi connectivity index (χ1n) is 7.98. The molecule has 0 unspecified atom stereocenters. The van der Waals surface area contributed by atoms with Gasteiger partial charge in [-0.05, 0) is 51.5 Å². The Labute approximate surface area is 141 Å². The molecule has 0 aliphatic heterocycles. The summed E-state index contributed by atoms with van der Waals surface area (Å²) in [5, 5.41) is 7.06. The standard InChI is InChI=1S/C18H23N3O3/c1-5-24-18(23)14(4)19-17(22)16-8-6-15(7-9-16)11-21-13(3)10-12(2)20-21/h6-10,14H,5,11H2,1-4H3,(H,19,22)/t14-/m0/s1. The van der Waals surface area contributed by atoms with E-state index in [9.17, 15) is 9.59 Å². The van der Waals surface area contributed by atoms with Gasteiger partial charge in [0.15, 0.2) is 0 Å². The summed E-state index contributed by atoms with van der Waals surface area (Å²) in [6, 6.07) is 8.62. The van der Waals surface area contributed by atoms with Gasteiger partial charge in [-0.1, -0.05) is 12.1 Å². The van der Waals surface area contributed by atoms with E-state index in [1.165, 1.54) is 0 Å². The van der Waals surface area contributed by atoms with Crippen LogP contribution in [0.4, 0.5) is 0 Å². The molecule has 0 saturated carbocycles. The van der Waals surface area contributed by atoms with Crippen LogP contribution in [-0.2, 0) is 16.1 Å². The van der Waals surface area contributed by atoms with Crippen LogP contribution < -0.4 is 5.32 Å². The number of amides is 1. The topological polar surface area (TPSA) is 73.2 Å². The van der Waals surface area contributed by atoms with Crippen molar-refractivity contribution >= 4 is 11.9 Å². The highest BCUT2D eigenvalue weighted by Crippen LogP contribution is 2.09. The van der Waals surface area contributed by atoms with Crippen molar-refractivity contribution in [2.24, 2.45) is 0 Å². The number of carbonyl (C=O) groups excluding carboxylic acids is 2. The number of nitrogens with zero attached hydrogens (tertiary/aromatic N) is 2. The monoisotopic (exact) mass is 329 g/mol. The molecule has 0 aliphatic rings. The van der Waals surface area contributed by atoms with Crippen LogP contribution in [0.5, 0.6) is 0 Å². The van der Waals surface area contributed by atoms with Crippen molar-refractivity contribution in [1.29, 1.82) is 0 Å². The van der Waals surface area contributed by atoms with E-state index in [4.69, 9.17) is 4.74 Å². The molecule has 6 nitrogen and oxygen atoms in total. The smallest absolute Gasteiger partial charge is 0.328 e. The summed E-state index contributed by atoms with van der Waals surface area (Å²) in [5.74, 6) is -0.736. The second-order valence-corrected chi connectivity index (χ2v) is 5.73. The zero-order valence-corrected chi connectivity index (χ0v) is 14.5. The number of benzene rings is 1. The van der Waals surface area contributed by atoms with E-state index in [1.54, 1.807) is 26.0 Å². The summed E-state index contributed by atoms with van der Waals surface area (Å²) < 4.78 is 6.80. The molecule has 0 radical (unpaired) electrons. The molecule has 1 atom stereocenters. The fourth-order valence-corrected chi connectivity index (χ4v) is 2.38. The van der Waals surface area contributed by atoms with Crippen molar-refractivity contribution in [3.63, 3.8) is 0 Å². The number of ether oxygens (including phenoxy) is 1. The lowest BCUT2D eigenvalue weighted by molar-refractivity contribution is -0.144. The molecule has 6 heteroatoms. The number of carbonyl (C=O) groups is 2. The molecule has 1 N–H and O–H groups in total. The fraction of sp³-hybridized carbons (Fsp3) is 0.389. The van der Waals surface area contributed by atoms with Crippen LogP contribution in [0.25, 0.3) is 0 Å². The van der Waals surface area contributed by atoms with E-state index in [0.29, 0.717) is 18.7 Å². The van der Waals surface area contributed by atoms with E-state index >= 15 is 0 Å². The molecule has 0 fully saturated rings. The van der Waals surface area contributed by atoms with Gasteiger partial charge in [-0.25, -0.2) is 4.79 Å². The van der Waals surface area contributed by atoms with Gasteiger partial charge in [0.25, 0.3) is 5.91 Å². The van der Waals surface area contributed by atoms with Gasteiger partial charge in [0.05, 0.1) is 18.8 Å². The van der Waals surface area contributed by atoms with Gasteiger partial charge in [-0.2, -0.15) is 5.10 Å². The predicted molar refractivity (Wildman–Crippen MR) is 90.8 cm³/mol. The molecule has 128 valence electrons. The first-order chi connectivity index (χ1) is 11.4. The molecule has 2 aromatic rings. The molecule has 1 aromatic carbocycles. The molecule has 1 aromatic heterocycles. The molecule has 0 saturated heterocycles. The van der Waals surface area contributed by atoms with Crippen LogP contribution in [0.3, 0.4) is 0 Å². The number of rotatable bonds is 6. The molecular formula is C18H23N3O3. The van der Waals surface area contributed by atoms with Crippen molar-refractivity contribution in [2.45, 2.75) is 40.3 Å². The van der Waals surface area contributed by atoms with E-state index in [0.717, 1.165) is 17.0 Å². The van der Waals surface area contributed by atoms with Gasteiger partial charge >= 0.3 is 5.97 Å². The van der Waals surface area contributed by atoms with Crippen LogP contribution in [0.1, 0.15) is 41.2 Å². The molecule has 0 spiro atoms. The van der Waals surface area contributed by atoms with Gasteiger partial charge in [-0.15, -0.1) is 0 Å². The quantitative estimate of drug-likeness (QED) is 0.825. The first-order valence-corrected chi connectivity index (χ1v) is 7.98. The number of nitrogens with one attached hydrogen (secondary N) is 1. The summed E-state index contributed by atoms with van der Waals surface area (Å²) >= 11 is 0. The Morgan fingerprint density at radius 2 is 1.92 bits per heavy atom. The fourth-order valence-electron chi connectivity index (χ4n) is 2.38. The van der Waals surface area contributed by atoms with Crippen LogP contribution in [0, 0.1) is 13.8 Å². The maximum Gasteiger partial charge on any atom is 0.328 e. The molecule has 24 heavy (non-hydrogen) atoms. The summed E-state index contributed by atoms with van der Waals surface area (Å²) in [6.07, 6.45) is 0. The van der Waals surface area contributed by atoms with Crippen molar-refractivity contribution in [3.05, 3.63) is 52.8 Å². The molecule has 0 bridgehead atoms. The summed E-state index contributed by atoms with van der Waals surface area (Å²) in [7, 11) is 0. The molecule has 0 aliphatic carbocycles. The van der Waals surface area contributed by atoms with Gasteiger partial charge in [-0.3, -0.25) is 9.48 Å². The van der Waals surface area contributed by atoms with Gasteiger partial charge in [0, 0.05) is 11.3 Å². The minimum Gasteiger partial charge on any atom is -0.464 e. The Hall–Kier alpha value is -2.63. The second-order valence-electron chi connectivity index (χ2n) is 5.73. The van der Waals surface area contributed by atoms with Crippen LogP contribution in [0.2, 0.25) is 0 Å². The van der Waals surface area contributed by atoms with E-state index in [2.05, 4.69) is 10.4 Å². The number of hydrogen-bond acceptors (Lipinski definition) is 4. The lowest BCUT2D eigenvalue weighted by Gasteiger charge is -2.13. The van der Waals surface area contributed by atoms with Gasteiger partial charge < -0.3 is 10.1 Å². The van der Waals surface area contributed by atoms with E-state index < -0.39 is 12.0 Å². The van der Waals surface area contributed by atoms with E-state index in [-0.39, 0.29) is 5.91 Å². The zero-order valence-electron chi connectivity index (χ0n) is 14.5. The number of hydrogen-bond donors (Lipinski definition) is 1. The second kappa shape index (κ2) is 7.77. The average molecular weight is 329 g/mol. The van der Waals surface area contributed by atoms with Gasteiger partial charge in [0.2, 0.25) is 0 Å². The minimum absolute atomic E-state index is 0.292. The zero-order chi connectivity index (χ0) is 17.7. The normalized spacial score (nSPS) is 11.8. The van der Waals surface area contributed by atoms with Crippen LogP contribution in [0.15, 0.2) is 30.3 Å². The summed E-state index contributed by atoms with van der Waals surface area (Å²) in [4.78, 5) is 23.7. The highest BCUT2D eigenvalue weighted by Gasteiger charge is 2.17. The Bertz CT molecular complexity index is 720. The molecule has 1 amide bonds.